The Morgan fingerprint density at radius 1 is 1.59 bits per heavy atom. The second-order valence-electron chi connectivity index (χ2n) is 4.23. The third-order valence-electron chi connectivity index (χ3n) is 2.74. The fourth-order valence-corrected chi connectivity index (χ4v) is 1.76. The number of nitrogens with zero attached hydrogens (tertiary/aromatic N) is 1. The Labute approximate surface area is 101 Å². The van der Waals surface area contributed by atoms with Gasteiger partial charge in [-0.2, -0.15) is 0 Å². The van der Waals surface area contributed by atoms with E-state index in [0.717, 1.165) is 6.42 Å². The molecular formula is C11H20N2O4. The van der Waals surface area contributed by atoms with Crippen molar-refractivity contribution in [2.24, 2.45) is 0 Å². The maximum atomic E-state index is 11.9. The number of ether oxygens (including phenoxy) is 1. The molecule has 0 saturated carbocycles. The molecule has 1 unspecified atom stereocenters. The fraction of sp³-hybridized carbons (Fsp3) is 0.818. The largest absolute Gasteiger partial charge is 0.480 e. The molecule has 6 nitrogen and oxygen atoms in total. The van der Waals surface area contributed by atoms with E-state index in [2.05, 4.69) is 5.32 Å². The summed E-state index contributed by atoms with van der Waals surface area (Å²) in [6.07, 6.45) is 1.15. The van der Waals surface area contributed by atoms with Crippen molar-refractivity contribution in [3.05, 3.63) is 0 Å². The molecule has 2 N–H and O–H groups in total. The standard InChI is InChI=1S/C11H20N2O4/c1-3-9(10(14)15)12-11(16)13-5-4-6-17-8(2)7-13/h8-9H,3-7H2,1-2H3,(H,12,16)(H,14,15)/t8?,9-/m1/s1. The molecule has 98 valence electrons. The quantitative estimate of drug-likeness (QED) is 0.764. The molecule has 0 aliphatic carbocycles. The first kappa shape index (κ1) is 13.8. The molecule has 1 fully saturated rings. The third kappa shape index (κ3) is 4.22. The van der Waals surface area contributed by atoms with E-state index in [9.17, 15) is 9.59 Å². The van der Waals surface area contributed by atoms with Gasteiger partial charge >= 0.3 is 12.0 Å². The summed E-state index contributed by atoms with van der Waals surface area (Å²) in [7, 11) is 0. The average Bonchev–Trinajstić information content (AvgIpc) is 2.50. The molecule has 1 saturated heterocycles. The molecule has 1 aliphatic rings. The molecule has 1 heterocycles. The van der Waals surface area contributed by atoms with Crippen LogP contribution in [0.15, 0.2) is 0 Å². The summed E-state index contributed by atoms with van der Waals surface area (Å²) in [5, 5.41) is 11.4. The maximum Gasteiger partial charge on any atom is 0.326 e. The van der Waals surface area contributed by atoms with Crippen LogP contribution in [0.25, 0.3) is 0 Å². The highest BCUT2D eigenvalue weighted by atomic mass is 16.5. The molecule has 17 heavy (non-hydrogen) atoms. The Kier molecular flexibility index (Phi) is 5.21. The van der Waals surface area contributed by atoms with E-state index in [-0.39, 0.29) is 12.1 Å². The van der Waals surface area contributed by atoms with Crippen LogP contribution < -0.4 is 5.32 Å². The first-order chi connectivity index (χ1) is 8.04. The Morgan fingerprint density at radius 3 is 2.88 bits per heavy atom. The molecule has 1 rings (SSSR count). The van der Waals surface area contributed by atoms with Gasteiger partial charge in [-0.25, -0.2) is 9.59 Å². The van der Waals surface area contributed by atoms with Gasteiger partial charge in [0.2, 0.25) is 0 Å². The van der Waals surface area contributed by atoms with Crippen LogP contribution in [0.5, 0.6) is 0 Å². The molecule has 0 aromatic carbocycles. The number of urea groups is 1. The number of amides is 2. The normalized spacial score (nSPS) is 22.7. The van der Waals surface area contributed by atoms with E-state index in [1.807, 2.05) is 6.92 Å². The fourth-order valence-electron chi connectivity index (χ4n) is 1.76. The Balaban J connectivity index is 2.53. The van der Waals surface area contributed by atoms with Crippen molar-refractivity contribution in [3.63, 3.8) is 0 Å². The van der Waals surface area contributed by atoms with E-state index in [1.54, 1.807) is 11.8 Å². The van der Waals surface area contributed by atoms with Gasteiger partial charge in [0.1, 0.15) is 6.04 Å². The minimum Gasteiger partial charge on any atom is -0.480 e. The molecule has 2 atom stereocenters. The Bertz CT molecular complexity index is 283. The summed E-state index contributed by atoms with van der Waals surface area (Å²) < 4.78 is 5.42. The van der Waals surface area contributed by atoms with Crippen LogP contribution in [0.1, 0.15) is 26.7 Å². The van der Waals surface area contributed by atoms with Crippen LogP contribution in [-0.2, 0) is 9.53 Å². The van der Waals surface area contributed by atoms with Gasteiger partial charge in [-0.05, 0) is 19.8 Å². The van der Waals surface area contributed by atoms with E-state index < -0.39 is 12.0 Å². The predicted octanol–water partition coefficient (Wildman–Crippen LogP) is 0.670. The molecule has 2 amide bonds. The molecular weight excluding hydrogens is 224 g/mol. The van der Waals surface area contributed by atoms with Gasteiger partial charge in [0.15, 0.2) is 0 Å². The molecule has 1 aliphatic heterocycles. The van der Waals surface area contributed by atoms with Crippen molar-refractivity contribution < 1.29 is 19.4 Å². The Morgan fingerprint density at radius 2 is 2.29 bits per heavy atom. The number of rotatable bonds is 3. The first-order valence-electron chi connectivity index (χ1n) is 5.94. The lowest BCUT2D eigenvalue weighted by atomic mass is 10.2. The third-order valence-corrected chi connectivity index (χ3v) is 2.74. The first-order valence-corrected chi connectivity index (χ1v) is 5.94. The van der Waals surface area contributed by atoms with E-state index in [4.69, 9.17) is 9.84 Å². The van der Waals surface area contributed by atoms with Gasteiger partial charge < -0.3 is 20.1 Å². The lowest BCUT2D eigenvalue weighted by molar-refractivity contribution is -0.139. The smallest absolute Gasteiger partial charge is 0.326 e. The van der Waals surface area contributed by atoms with Crippen LogP contribution >= 0.6 is 0 Å². The average molecular weight is 244 g/mol. The van der Waals surface area contributed by atoms with Gasteiger partial charge in [-0.15, -0.1) is 0 Å². The topological polar surface area (TPSA) is 78.9 Å². The monoisotopic (exact) mass is 244 g/mol. The highest BCUT2D eigenvalue weighted by Gasteiger charge is 2.24. The van der Waals surface area contributed by atoms with Crippen LogP contribution in [0, 0.1) is 0 Å². The molecule has 0 aromatic heterocycles. The number of hydrogen-bond acceptors (Lipinski definition) is 3. The van der Waals surface area contributed by atoms with Crippen molar-refractivity contribution in [2.75, 3.05) is 19.7 Å². The second-order valence-corrected chi connectivity index (χ2v) is 4.23. The summed E-state index contributed by atoms with van der Waals surface area (Å²) in [5.74, 6) is -1.00. The zero-order valence-corrected chi connectivity index (χ0v) is 10.3. The molecule has 0 spiro atoms. The van der Waals surface area contributed by atoms with Crippen molar-refractivity contribution in [1.29, 1.82) is 0 Å². The highest BCUT2D eigenvalue weighted by molar-refractivity contribution is 5.82. The highest BCUT2D eigenvalue weighted by Crippen LogP contribution is 2.06. The van der Waals surface area contributed by atoms with E-state index >= 15 is 0 Å². The van der Waals surface area contributed by atoms with Crippen LogP contribution in [0.4, 0.5) is 4.79 Å². The zero-order chi connectivity index (χ0) is 12.8. The maximum absolute atomic E-state index is 11.9. The predicted molar refractivity (Wildman–Crippen MR) is 61.9 cm³/mol. The van der Waals surface area contributed by atoms with Crippen LogP contribution in [-0.4, -0.2) is 53.8 Å². The number of nitrogens with one attached hydrogen (secondary N) is 1. The van der Waals surface area contributed by atoms with Crippen LogP contribution in [0.2, 0.25) is 0 Å². The zero-order valence-electron chi connectivity index (χ0n) is 10.3. The molecule has 0 aromatic rings. The number of carbonyl (C=O) groups excluding carboxylic acids is 1. The summed E-state index contributed by atoms with van der Waals surface area (Å²) in [6.45, 7) is 5.38. The van der Waals surface area contributed by atoms with E-state index in [0.29, 0.717) is 26.1 Å². The van der Waals surface area contributed by atoms with Crippen molar-refractivity contribution in [1.82, 2.24) is 10.2 Å². The minimum absolute atomic E-state index is 0.00634. The lowest BCUT2D eigenvalue weighted by Gasteiger charge is -2.24. The number of carbonyl (C=O) groups is 2. The van der Waals surface area contributed by atoms with Gasteiger partial charge in [0, 0.05) is 19.7 Å². The summed E-state index contributed by atoms with van der Waals surface area (Å²) in [4.78, 5) is 24.3. The van der Waals surface area contributed by atoms with Crippen LogP contribution in [0.3, 0.4) is 0 Å². The van der Waals surface area contributed by atoms with Crippen molar-refractivity contribution >= 4 is 12.0 Å². The number of aliphatic carboxylic acids is 1. The van der Waals surface area contributed by atoms with E-state index in [1.165, 1.54) is 0 Å². The second kappa shape index (κ2) is 6.44. The molecule has 0 radical (unpaired) electrons. The van der Waals surface area contributed by atoms with Crippen molar-refractivity contribution in [3.8, 4) is 0 Å². The van der Waals surface area contributed by atoms with Gasteiger partial charge in [0.25, 0.3) is 0 Å². The lowest BCUT2D eigenvalue weighted by Crippen LogP contribution is -2.49. The number of carboxylic acids is 1. The van der Waals surface area contributed by atoms with Gasteiger partial charge in [-0.3, -0.25) is 0 Å². The summed E-state index contributed by atoms with van der Waals surface area (Å²) in [5.41, 5.74) is 0. The summed E-state index contributed by atoms with van der Waals surface area (Å²) >= 11 is 0. The number of hydrogen-bond donors (Lipinski definition) is 2. The minimum atomic E-state index is -1.00. The van der Waals surface area contributed by atoms with Gasteiger partial charge in [0.05, 0.1) is 6.10 Å². The Hall–Kier alpha value is -1.30. The summed E-state index contributed by atoms with van der Waals surface area (Å²) in [6, 6.07) is -1.14. The molecule has 6 heteroatoms. The molecule has 0 bridgehead atoms. The van der Waals surface area contributed by atoms with Crippen molar-refractivity contribution in [2.45, 2.75) is 38.8 Å². The van der Waals surface area contributed by atoms with Gasteiger partial charge in [-0.1, -0.05) is 6.92 Å². The number of carboxylic acid groups (broad SMARTS) is 1. The SMILES string of the molecule is CC[C@@H](NC(=O)N1CCCOC(C)C1)C(=O)O.